The van der Waals surface area contributed by atoms with E-state index >= 15 is 0 Å². The van der Waals surface area contributed by atoms with Crippen LogP contribution >= 0.6 is 0 Å². The number of rotatable bonds is 11. The average molecular weight is 555 g/mol. The second kappa shape index (κ2) is 18.8. The van der Waals surface area contributed by atoms with Gasteiger partial charge in [-0.3, -0.25) is 0 Å². The zero-order chi connectivity index (χ0) is 31.0. The number of hydrogen-bond donors (Lipinski definition) is 0. The number of benzene rings is 2. The quantitative estimate of drug-likeness (QED) is 0.255. The van der Waals surface area contributed by atoms with Crippen molar-refractivity contribution in [3.63, 3.8) is 0 Å². The highest BCUT2D eigenvalue weighted by Gasteiger charge is 2.19. The third-order valence-corrected chi connectivity index (χ3v) is 6.58. The maximum atomic E-state index is 12.4. The summed E-state index contributed by atoms with van der Waals surface area (Å²) in [6, 6.07) is 10.3. The van der Waals surface area contributed by atoms with Crippen molar-refractivity contribution in [2.45, 2.75) is 61.8 Å². The van der Waals surface area contributed by atoms with Gasteiger partial charge in [-0.05, 0) is 81.3 Å². The standard InChI is InChI=1S/C18H32N2.C9H9F.C8H8F2/c1-10-12-19(15(5)6)18(9)20(17(8)11-2)13-16(7)14(3)4;1-7(2)8-3-5-9(10)6-4-8;1-2-6-3-4-7(9)8(10)5-6/h10-11,14,16H,1,5,9,12-13H2,2-4,6-8H3;3-6H,1H2,2H3;3-5H,2H2,1H3/b17-11+;;. The van der Waals surface area contributed by atoms with Crippen LogP contribution in [0.4, 0.5) is 13.2 Å². The molecular formula is C35H49F3N2. The van der Waals surface area contributed by atoms with E-state index in [1.54, 1.807) is 18.2 Å². The Kier molecular flexibility index (Phi) is 17.1. The first kappa shape index (κ1) is 36.5. The summed E-state index contributed by atoms with van der Waals surface area (Å²) in [5, 5.41) is 0. The number of aryl methyl sites for hydroxylation is 1. The van der Waals surface area contributed by atoms with Crippen LogP contribution < -0.4 is 0 Å². The maximum Gasteiger partial charge on any atom is 0.159 e. The van der Waals surface area contributed by atoms with Gasteiger partial charge in [-0.1, -0.05) is 83.4 Å². The molecule has 0 saturated carbocycles. The van der Waals surface area contributed by atoms with Gasteiger partial charge < -0.3 is 9.80 Å². The molecule has 0 fully saturated rings. The summed E-state index contributed by atoms with van der Waals surface area (Å²) in [5.74, 6) is 0.465. The lowest BCUT2D eigenvalue weighted by Gasteiger charge is -2.37. The molecule has 5 heteroatoms. The molecule has 0 heterocycles. The van der Waals surface area contributed by atoms with E-state index < -0.39 is 11.6 Å². The predicted molar refractivity (Wildman–Crippen MR) is 168 cm³/mol. The van der Waals surface area contributed by atoms with E-state index in [1.165, 1.54) is 23.9 Å². The summed E-state index contributed by atoms with van der Waals surface area (Å²) in [7, 11) is 0. The number of halogens is 3. The van der Waals surface area contributed by atoms with Gasteiger partial charge in [0.15, 0.2) is 11.6 Å². The molecule has 0 bridgehead atoms. The predicted octanol–water partition coefficient (Wildman–Crippen LogP) is 10.4. The smallest absolute Gasteiger partial charge is 0.159 e. The van der Waals surface area contributed by atoms with Crippen LogP contribution in [0.1, 0.15) is 66.5 Å². The summed E-state index contributed by atoms with van der Waals surface area (Å²) in [4.78, 5) is 4.38. The molecule has 0 amide bonds. The topological polar surface area (TPSA) is 6.48 Å². The lowest BCUT2D eigenvalue weighted by atomic mass is 9.97. The van der Waals surface area contributed by atoms with Crippen LogP contribution in [0.2, 0.25) is 0 Å². The van der Waals surface area contributed by atoms with Crippen LogP contribution in [0, 0.1) is 29.3 Å². The van der Waals surface area contributed by atoms with Crippen molar-refractivity contribution in [2.24, 2.45) is 11.8 Å². The van der Waals surface area contributed by atoms with Gasteiger partial charge in [0.2, 0.25) is 0 Å². The van der Waals surface area contributed by atoms with E-state index in [9.17, 15) is 13.2 Å². The minimum atomic E-state index is -0.780. The van der Waals surface area contributed by atoms with E-state index in [2.05, 4.69) is 76.8 Å². The molecule has 0 saturated heterocycles. The zero-order valence-corrected chi connectivity index (χ0v) is 25.8. The summed E-state index contributed by atoms with van der Waals surface area (Å²) >= 11 is 0. The molecule has 2 rings (SSSR count). The largest absolute Gasteiger partial charge is 0.332 e. The molecule has 0 aromatic heterocycles. The molecule has 0 spiro atoms. The van der Waals surface area contributed by atoms with Gasteiger partial charge in [0.1, 0.15) is 11.6 Å². The SMILES string of the molecule is C=C(C)c1ccc(F)cc1.C=CCN(C(=C)C)C(=C)N(CC(C)C(C)C)/C(C)=C/C.CCc1ccc(F)c(F)c1. The summed E-state index contributed by atoms with van der Waals surface area (Å²) in [5.41, 5.74) is 4.97. The van der Waals surface area contributed by atoms with Crippen molar-refractivity contribution in [2.75, 3.05) is 13.1 Å². The molecule has 0 radical (unpaired) electrons. The lowest BCUT2D eigenvalue weighted by Crippen LogP contribution is -2.36. The fourth-order valence-corrected chi connectivity index (χ4v) is 3.36. The normalized spacial score (nSPS) is 11.3. The van der Waals surface area contributed by atoms with E-state index in [4.69, 9.17) is 0 Å². The molecule has 0 aliphatic rings. The first-order chi connectivity index (χ1) is 18.7. The Morgan fingerprint density at radius 3 is 1.85 bits per heavy atom. The number of nitrogens with zero attached hydrogens (tertiary/aromatic N) is 2. The monoisotopic (exact) mass is 554 g/mol. The Hall–Kier alpha value is -3.47. The highest BCUT2D eigenvalue weighted by atomic mass is 19.2. The van der Waals surface area contributed by atoms with Crippen molar-refractivity contribution < 1.29 is 13.2 Å². The molecule has 40 heavy (non-hydrogen) atoms. The summed E-state index contributed by atoms with van der Waals surface area (Å²) in [6.07, 6.45) is 4.74. The van der Waals surface area contributed by atoms with E-state index in [1.807, 2.05) is 26.8 Å². The molecule has 2 nitrogen and oxygen atoms in total. The second-order valence-corrected chi connectivity index (χ2v) is 10.2. The molecule has 220 valence electrons. The lowest BCUT2D eigenvalue weighted by molar-refractivity contribution is 0.243. The van der Waals surface area contributed by atoms with Gasteiger partial charge in [-0.15, -0.1) is 6.58 Å². The van der Waals surface area contributed by atoms with E-state index in [0.717, 1.165) is 53.8 Å². The number of hydrogen-bond acceptors (Lipinski definition) is 2. The third kappa shape index (κ3) is 13.1. The van der Waals surface area contributed by atoms with Gasteiger partial charge in [-0.2, -0.15) is 0 Å². The molecule has 0 aliphatic heterocycles. The van der Waals surface area contributed by atoms with Crippen molar-refractivity contribution in [3.8, 4) is 0 Å². The molecule has 0 aliphatic carbocycles. The van der Waals surface area contributed by atoms with Gasteiger partial charge in [0.25, 0.3) is 0 Å². The van der Waals surface area contributed by atoms with Gasteiger partial charge in [0, 0.05) is 24.5 Å². The van der Waals surface area contributed by atoms with Crippen LogP contribution in [-0.4, -0.2) is 22.9 Å². The molecule has 0 N–H and O–H groups in total. The Labute approximate surface area is 241 Å². The van der Waals surface area contributed by atoms with Gasteiger partial charge in [0.05, 0.1) is 0 Å². The van der Waals surface area contributed by atoms with Crippen LogP contribution in [0.15, 0.2) is 98.1 Å². The van der Waals surface area contributed by atoms with Crippen LogP contribution in [-0.2, 0) is 6.42 Å². The molecule has 1 atom stereocenters. The van der Waals surface area contributed by atoms with Crippen molar-refractivity contribution in [3.05, 3.63) is 127 Å². The summed E-state index contributed by atoms with van der Waals surface area (Å²) in [6.45, 7) is 34.4. The zero-order valence-electron chi connectivity index (χ0n) is 25.8. The van der Waals surface area contributed by atoms with E-state index in [0.29, 0.717) is 11.8 Å². The fourth-order valence-electron chi connectivity index (χ4n) is 3.36. The highest BCUT2D eigenvalue weighted by Crippen LogP contribution is 2.23. The Morgan fingerprint density at radius 2 is 1.45 bits per heavy atom. The highest BCUT2D eigenvalue weighted by molar-refractivity contribution is 5.60. The van der Waals surface area contributed by atoms with Crippen LogP contribution in [0.5, 0.6) is 0 Å². The van der Waals surface area contributed by atoms with E-state index in [-0.39, 0.29) is 5.82 Å². The molecule has 1 unspecified atom stereocenters. The number of allylic oxidation sites excluding steroid dienone is 4. The molecular weight excluding hydrogens is 505 g/mol. The maximum absolute atomic E-state index is 12.4. The van der Waals surface area contributed by atoms with Gasteiger partial charge in [-0.25, -0.2) is 13.2 Å². The Morgan fingerprint density at radius 1 is 0.875 bits per heavy atom. The summed E-state index contributed by atoms with van der Waals surface area (Å²) < 4.78 is 37.0. The van der Waals surface area contributed by atoms with Crippen LogP contribution in [0.3, 0.4) is 0 Å². The molecule has 2 aromatic rings. The second-order valence-electron chi connectivity index (χ2n) is 10.2. The van der Waals surface area contributed by atoms with Gasteiger partial charge >= 0.3 is 0 Å². The van der Waals surface area contributed by atoms with Crippen LogP contribution in [0.25, 0.3) is 5.57 Å². The average Bonchev–Trinajstić information content (AvgIpc) is 2.91. The fraction of sp³-hybridized carbons (Fsp3) is 0.371. The molecule has 2 aromatic carbocycles. The van der Waals surface area contributed by atoms with Crippen molar-refractivity contribution in [1.29, 1.82) is 0 Å². The van der Waals surface area contributed by atoms with Crippen molar-refractivity contribution >= 4 is 5.57 Å². The Bertz CT molecular complexity index is 1130. The minimum absolute atomic E-state index is 0.204. The van der Waals surface area contributed by atoms with Crippen molar-refractivity contribution in [1.82, 2.24) is 9.80 Å². The Balaban J connectivity index is 0.000000630. The minimum Gasteiger partial charge on any atom is -0.332 e. The first-order valence-electron chi connectivity index (χ1n) is 13.7. The first-order valence-corrected chi connectivity index (χ1v) is 13.7. The third-order valence-electron chi connectivity index (χ3n) is 6.58.